The summed E-state index contributed by atoms with van der Waals surface area (Å²) in [5.41, 5.74) is 0. The Labute approximate surface area is 575 Å². The first-order valence-corrected chi connectivity index (χ1v) is 41.9. The summed E-state index contributed by atoms with van der Waals surface area (Å²) in [6, 6.07) is 0. The maximum Gasteiger partial charge on any atom is 0.472 e. The highest BCUT2D eigenvalue weighted by molar-refractivity contribution is 7.47. The van der Waals surface area contributed by atoms with Gasteiger partial charge in [0.2, 0.25) is 0 Å². The summed E-state index contributed by atoms with van der Waals surface area (Å²) in [6.45, 7) is 11.9. The maximum absolute atomic E-state index is 13.1. The molecule has 19 heteroatoms. The predicted octanol–water partition coefficient (Wildman–Crippen LogP) is 21.8. The molecule has 0 bridgehead atoms. The van der Waals surface area contributed by atoms with Gasteiger partial charge in [-0.25, -0.2) is 9.13 Å². The van der Waals surface area contributed by atoms with Crippen molar-refractivity contribution in [2.24, 2.45) is 17.8 Å². The zero-order chi connectivity index (χ0) is 69.4. The monoisotopic (exact) mass is 1380 g/mol. The smallest absolute Gasteiger partial charge is 0.462 e. The third kappa shape index (κ3) is 67.3. The SMILES string of the molecule is CCCCCCCCCCCCCCCC(=O)OC[C@H](COP(=O)(O)OC[C@@H](O)COP(=O)(O)OC[C@@H](COC(=O)CCCCCCCCCCC(C)CC)OC(=O)CCCCCCCCCCCC(C)C)OC(=O)CCCCCCCCCCCCCCCCC(C)C. The number of aliphatic hydroxyl groups excluding tert-OH is 1. The fourth-order valence-electron chi connectivity index (χ4n) is 11.4. The van der Waals surface area contributed by atoms with Crippen LogP contribution in [0.5, 0.6) is 0 Å². The Morgan fingerprint density at radius 2 is 0.543 bits per heavy atom. The van der Waals surface area contributed by atoms with Crippen molar-refractivity contribution in [1.82, 2.24) is 0 Å². The van der Waals surface area contributed by atoms with Crippen LogP contribution in [-0.4, -0.2) is 96.7 Å². The van der Waals surface area contributed by atoms with Crippen LogP contribution >= 0.6 is 15.6 Å². The quantitative estimate of drug-likeness (QED) is 0.0222. The van der Waals surface area contributed by atoms with E-state index in [1.807, 2.05) is 0 Å². The van der Waals surface area contributed by atoms with E-state index in [-0.39, 0.29) is 25.7 Å². The zero-order valence-electron chi connectivity index (χ0n) is 61.4. The second-order valence-corrected chi connectivity index (χ2v) is 31.1. The highest BCUT2D eigenvalue weighted by atomic mass is 31.2. The number of rotatable bonds is 73. The average Bonchev–Trinajstić information content (AvgIpc) is 1.15. The summed E-state index contributed by atoms with van der Waals surface area (Å²) in [6.07, 6.45) is 51.2. The van der Waals surface area contributed by atoms with Crippen LogP contribution in [0.2, 0.25) is 0 Å². The normalized spacial score (nSPS) is 14.4. The van der Waals surface area contributed by atoms with E-state index in [4.69, 9.17) is 37.0 Å². The van der Waals surface area contributed by atoms with E-state index in [1.165, 1.54) is 193 Å². The Bertz CT molecular complexity index is 1840. The molecule has 0 aliphatic heterocycles. The molecule has 3 N–H and O–H groups in total. The van der Waals surface area contributed by atoms with E-state index in [0.29, 0.717) is 25.7 Å². The summed E-state index contributed by atoms with van der Waals surface area (Å²) in [5, 5.41) is 10.6. The minimum absolute atomic E-state index is 0.105. The Hall–Kier alpha value is -1.94. The van der Waals surface area contributed by atoms with E-state index in [0.717, 1.165) is 108 Å². The van der Waals surface area contributed by atoms with Crippen molar-refractivity contribution in [3.05, 3.63) is 0 Å². The van der Waals surface area contributed by atoms with Crippen LogP contribution in [0, 0.1) is 17.8 Å². The standard InChI is InChI=1S/C75H146O17P2/c1-8-10-11-12-13-14-15-18-22-27-35-42-49-56-72(77)85-62-70(91-74(79)58-51-44-37-28-23-20-17-16-19-21-25-32-39-46-53-66(3)4)64-89-93(81,82)87-60-69(76)61-88-94(83,84)90-65-71(92-75(80)59-52-45-38-29-24-26-33-40-47-54-67(5)6)63-86-73(78)57-50-43-36-31-30-34-41-48-55-68(7)9-2/h66-71,76H,8-65H2,1-7H3,(H,81,82)(H,83,84)/t68?,69-,70-,71-/m1/s1. The average molecular weight is 1380 g/mol. The molecule has 3 unspecified atom stereocenters. The number of hydrogen-bond donors (Lipinski definition) is 3. The van der Waals surface area contributed by atoms with Crippen molar-refractivity contribution >= 4 is 39.5 Å². The van der Waals surface area contributed by atoms with Crippen molar-refractivity contribution in [2.45, 2.75) is 401 Å². The van der Waals surface area contributed by atoms with Gasteiger partial charge < -0.3 is 33.8 Å². The van der Waals surface area contributed by atoms with Gasteiger partial charge in [0, 0.05) is 25.7 Å². The van der Waals surface area contributed by atoms with Gasteiger partial charge in [0.1, 0.15) is 19.3 Å². The van der Waals surface area contributed by atoms with Crippen LogP contribution in [0.4, 0.5) is 0 Å². The molecule has 0 fully saturated rings. The number of carbonyl (C=O) groups excluding carboxylic acids is 4. The van der Waals surface area contributed by atoms with E-state index < -0.39 is 97.5 Å². The summed E-state index contributed by atoms with van der Waals surface area (Å²) >= 11 is 0. The van der Waals surface area contributed by atoms with Gasteiger partial charge in [-0.2, -0.15) is 0 Å². The van der Waals surface area contributed by atoms with Crippen LogP contribution in [0.25, 0.3) is 0 Å². The highest BCUT2D eigenvalue weighted by Crippen LogP contribution is 2.45. The van der Waals surface area contributed by atoms with Gasteiger partial charge in [-0.1, -0.05) is 331 Å². The van der Waals surface area contributed by atoms with Crippen LogP contribution < -0.4 is 0 Å². The number of hydrogen-bond acceptors (Lipinski definition) is 15. The van der Waals surface area contributed by atoms with E-state index in [1.54, 1.807) is 0 Å². The number of ether oxygens (including phenoxy) is 4. The number of phosphoric ester groups is 2. The molecule has 0 rings (SSSR count). The fourth-order valence-corrected chi connectivity index (χ4v) is 13.0. The predicted molar refractivity (Wildman–Crippen MR) is 381 cm³/mol. The lowest BCUT2D eigenvalue weighted by Gasteiger charge is -2.21. The van der Waals surface area contributed by atoms with Crippen molar-refractivity contribution < 1.29 is 80.2 Å². The Morgan fingerprint density at radius 3 is 0.809 bits per heavy atom. The zero-order valence-corrected chi connectivity index (χ0v) is 63.2. The van der Waals surface area contributed by atoms with Crippen molar-refractivity contribution in [2.75, 3.05) is 39.6 Å². The topological polar surface area (TPSA) is 237 Å². The molecule has 0 saturated carbocycles. The lowest BCUT2D eigenvalue weighted by molar-refractivity contribution is -0.161. The van der Waals surface area contributed by atoms with Crippen molar-refractivity contribution in [1.29, 1.82) is 0 Å². The molecule has 17 nitrogen and oxygen atoms in total. The molecule has 558 valence electrons. The molecule has 0 aromatic carbocycles. The fraction of sp³-hybridized carbons (Fsp3) is 0.947. The first-order valence-electron chi connectivity index (χ1n) is 38.9. The molecule has 0 amide bonds. The molecule has 0 aromatic rings. The van der Waals surface area contributed by atoms with Gasteiger partial charge in [0.25, 0.3) is 0 Å². The van der Waals surface area contributed by atoms with E-state index in [2.05, 4.69) is 48.5 Å². The first-order chi connectivity index (χ1) is 45.3. The number of phosphoric acid groups is 2. The number of unbranched alkanes of at least 4 members (excludes halogenated alkanes) is 40. The minimum atomic E-state index is -4.96. The summed E-state index contributed by atoms with van der Waals surface area (Å²) in [7, 11) is -9.91. The van der Waals surface area contributed by atoms with Gasteiger partial charge in [-0.15, -0.1) is 0 Å². The lowest BCUT2D eigenvalue weighted by atomic mass is 9.99. The Balaban J connectivity index is 5.26. The summed E-state index contributed by atoms with van der Waals surface area (Å²) in [5.74, 6) is 0.191. The highest BCUT2D eigenvalue weighted by Gasteiger charge is 2.30. The molecule has 0 aromatic heterocycles. The van der Waals surface area contributed by atoms with E-state index >= 15 is 0 Å². The third-order valence-corrected chi connectivity index (χ3v) is 19.6. The third-order valence-electron chi connectivity index (χ3n) is 17.7. The van der Waals surface area contributed by atoms with Gasteiger partial charge in [0.15, 0.2) is 12.2 Å². The molecule has 0 saturated heterocycles. The second kappa shape index (κ2) is 65.7. The summed E-state index contributed by atoms with van der Waals surface area (Å²) < 4.78 is 68.5. The molecule has 0 radical (unpaired) electrons. The molecular weight excluding hydrogens is 1230 g/mol. The Morgan fingerprint density at radius 1 is 0.309 bits per heavy atom. The van der Waals surface area contributed by atoms with Gasteiger partial charge in [-0.05, 0) is 43.4 Å². The lowest BCUT2D eigenvalue weighted by Crippen LogP contribution is -2.30. The van der Waals surface area contributed by atoms with Crippen molar-refractivity contribution in [3.63, 3.8) is 0 Å². The van der Waals surface area contributed by atoms with Crippen LogP contribution in [0.1, 0.15) is 382 Å². The number of aliphatic hydroxyl groups is 1. The van der Waals surface area contributed by atoms with Gasteiger partial charge in [-0.3, -0.25) is 37.3 Å². The van der Waals surface area contributed by atoms with Crippen molar-refractivity contribution in [3.8, 4) is 0 Å². The van der Waals surface area contributed by atoms with E-state index in [9.17, 15) is 43.2 Å². The number of carbonyl (C=O) groups is 4. The minimum Gasteiger partial charge on any atom is -0.462 e. The molecule has 94 heavy (non-hydrogen) atoms. The largest absolute Gasteiger partial charge is 0.472 e. The van der Waals surface area contributed by atoms with Gasteiger partial charge in [0.05, 0.1) is 26.4 Å². The van der Waals surface area contributed by atoms with Crippen LogP contribution in [0.15, 0.2) is 0 Å². The molecule has 6 atom stereocenters. The number of esters is 4. The second-order valence-electron chi connectivity index (χ2n) is 28.2. The van der Waals surface area contributed by atoms with Gasteiger partial charge >= 0.3 is 39.5 Å². The molecule has 0 spiro atoms. The summed E-state index contributed by atoms with van der Waals surface area (Å²) in [4.78, 5) is 72.8. The molecule has 0 aliphatic rings. The molecule has 0 heterocycles. The Kier molecular flexibility index (Phi) is 64.3. The molecule has 0 aliphatic carbocycles. The maximum atomic E-state index is 13.1. The van der Waals surface area contributed by atoms with Crippen LogP contribution in [0.3, 0.4) is 0 Å². The van der Waals surface area contributed by atoms with Crippen LogP contribution in [-0.2, 0) is 65.4 Å². The molecular formula is C75H146O17P2. The first kappa shape index (κ1) is 92.1.